The van der Waals surface area contributed by atoms with E-state index in [1.165, 1.54) is 12.8 Å². The standard InChI is InChI=1S/C12H23N3O/c1-5-6-7-15(4)12-14-11(9-16-12)8-13-10(2)3/h9-10,13H,5-8H2,1-4H3. The van der Waals surface area contributed by atoms with Crippen LogP contribution in [0.1, 0.15) is 39.3 Å². The zero-order chi connectivity index (χ0) is 12.0. The van der Waals surface area contributed by atoms with Gasteiger partial charge in [0.15, 0.2) is 0 Å². The first-order chi connectivity index (χ1) is 7.63. The van der Waals surface area contributed by atoms with E-state index in [0.29, 0.717) is 12.1 Å². The molecule has 4 nitrogen and oxygen atoms in total. The van der Waals surface area contributed by atoms with Crippen molar-refractivity contribution < 1.29 is 4.42 Å². The molecule has 0 unspecified atom stereocenters. The van der Waals surface area contributed by atoms with Crippen LogP contribution in [-0.4, -0.2) is 24.6 Å². The molecule has 1 N–H and O–H groups in total. The summed E-state index contributed by atoms with van der Waals surface area (Å²) in [5.74, 6) is 0. The van der Waals surface area contributed by atoms with Gasteiger partial charge in [0.25, 0.3) is 6.01 Å². The monoisotopic (exact) mass is 225 g/mol. The van der Waals surface area contributed by atoms with Crippen LogP contribution in [0.25, 0.3) is 0 Å². The van der Waals surface area contributed by atoms with Gasteiger partial charge in [-0.2, -0.15) is 4.98 Å². The van der Waals surface area contributed by atoms with Crippen LogP contribution >= 0.6 is 0 Å². The predicted octanol–water partition coefficient (Wildman–Crippen LogP) is 2.41. The van der Waals surface area contributed by atoms with Crippen LogP contribution in [0.3, 0.4) is 0 Å². The van der Waals surface area contributed by atoms with Gasteiger partial charge in [-0.05, 0) is 6.42 Å². The van der Waals surface area contributed by atoms with Crippen molar-refractivity contribution in [1.29, 1.82) is 0 Å². The first-order valence-electron chi connectivity index (χ1n) is 6.02. The SMILES string of the molecule is CCCCN(C)c1nc(CNC(C)C)co1. The minimum atomic E-state index is 0.470. The molecule has 0 fully saturated rings. The van der Waals surface area contributed by atoms with Gasteiger partial charge in [0, 0.05) is 26.2 Å². The van der Waals surface area contributed by atoms with Crippen molar-refractivity contribution in [1.82, 2.24) is 10.3 Å². The highest BCUT2D eigenvalue weighted by molar-refractivity contribution is 5.24. The highest BCUT2D eigenvalue weighted by atomic mass is 16.4. The summed E-state index contributed by atoms with van der Waals surface area (Å²) in [5.41, 5.74) is 0.965. The average Bonchev–Trinajstić information content (AvgIpc) is 2.71. The van der Waals surface area contributed by atoms with E-state index in [9.17, 15) is 0 Å². The number of hydrogen-bond donors (Lipinski definition) is 1. The molecule has 4 heteroatoms. The quantitative estimate of drug-likeness (QED) is 0.773. The predicted molar refractivity (Wildman–Crippen MR) is 66.7 cm³/mol. The van der Waals surface area contributed by atoms with Gasteiger partial charge >= 0.3 is 0 Å². The molecule has 1 aromatic heterocycles. The number of aromatic nitrogens is 1. The van der Waals surface area contributed by atoms with E-state index >= 15 is 0 Å². The Morgan fingerprint density at radius 2 is 2.25 bits per heavy atom. The van der Waals surface area contributed by atoms with Gasteiger partial charge in [0.05, 0.1) is 5.69 Å². The summed E-state index contributed by atoms with van der Waals surface area (Å²) in [6.45, 7) is 8.18. The van der Waals surface area contributed by atoms with Crippen molar-refractivity contribution in [2.45, 2.75) is 46.2 Å². The summed E-state index contributed by atoms with van der Waals surface area (Å²) in [6, 6.07) is 1.19. The molecule has 0 bridgehead atoms. The number of hydrogen-bond acceptors (Lipinski definition) is 4. The van der Waals surface area contributed by atoms with Crippen molar-refractivity contribution in [3.63, 3.8) is 0 Å². The molecule has 16 heavy (non-hydrogen) atoms. The minimum Gasteiger partial charge on any atom is -0.432 e. The van der Waals surface area contributed by atoms with E-state index in [2.05, 4.69) is 36.0 Å². The van der Waals surface area contributed by atoms with Crippen LogP contribution in [0.5, 0.6) is 0 Å². The second-order valence-corrected chi connectivity index (χ2v) is 4.43. The van der Waals surface area contributed by atoms with Crippen LogP contribution < -0.4 is 10.2 Å². The Labute approximate surface area is 98.0 Å². The van der Waals surface area contributed by atoms with E-state index in [1.807, 2.05) is 7.05 Å². The van der Waals surface area contributed by atoms with Crippen molar-refractivity contribution in [3.05, 3.63) is 12.0 Å². The molecule has 0 aliphatic carbocycles. The minimum absolute atomic E-state index is 0.470. The zero-order valence-electron chi connectivity index (χ0n) is 10.8. The Kier molecular flexibility index (Phi) is 5.32. The summed E-state index contributed by atoms with van der Waals surface area (Å²) < 4.78 is 5.43. The van der Waals surface area contributed by atoms with Crippen molar-refractivity contribution in [3.8, 4) is 0 Å². The molecule has 0 aliphatic heterocycles. The molecule has 1 aromatic rings. The van der Waals surface area contributed by atoms with Crippen LogP contribution in [0, 0.1) is 0 Å². The second kappa shape index (κ2) is 6.53. The number of nitrogens with zero attached hydrogens (tertiary/aromatic N) is 2. The first kappa shape index (κ1) is 13.0. The Bertz CT molecular complexity index is 296. The van der Waals surface area contributed by atoms with Gasteiger partial charge in [-0.1, -0.05) is 27.2 Å². The first-order valence-corrected chi connectivity index (χ1v) is 6.02. The molecular formula is C12H23N3O. The lowest BCUT2D eigenvalue weighted by molar-refractivity contribution is 0.537. The maximum atomic E-state index is 5.43. The Balaban J connectivity index is 2.43. The zero-order valence-corrected chi connectivity index (χ0v) is 10.8. The lowest BCUT2D eigenvalue weighted by Crippen LogP contribution is -2.22. The highest BCUT2D eigenvalue weighted by Crippen LogP contribution is 2.12. The fourth-order valence-corrected chi connectivity index (χ4v) is 1.35. The fourth-order valence-electron chi connectivity index (χ4n) is 1.35. The molecule has 0 saturated carbocycles. The summed E-state index contributed by atoms with van der Waals surface area (Å²) in [7, 11) is 2.02. The molecule has 1 heterocycles. The van der Waals surface area contributed by atoms with Gasteiger partial charge < -0.3 is 14.6 Å². The summed E-state index contributed by atoms with van der Waals surface area (Å²) in [4.78, 5) is 6.49. The lowest BCUT2D eigenvalue weighted by atomic mass is 10.3. The van der Waals surface area contributed by atoms with Crippen LogP contribution in [0.15, 0.2) is 10.7 Å². The number of nitrogens with one attached hydrogen (secondary N) is 1. The summed E-state index contributed by atoms with van der Waals surface area (Å²) in [5, 5.41) is 3.32. The normalized spacial score (nSPS) is 11.1. The molecule has 0 atom stereocenters. The maximum absolute atomic E-state index is 5.43. The van der Waals surface area contributed by atoms with Crippen molar-refractivity contribution >= 4 is 6.01 Å². The van der Waals surface area contributed by atoms with Crippen LogP contribution in [-0.2, 0) is 6.54 Å². The van der Waals surface area contributed by atoms with Gasteiger partial charge in [-0.15, -0.1) is 0 Å². The maximum Gasteiger partial charge on any atom is 0.297 e. The van der Waals surface area contributed by atoms with Crippen molar-refractivity contribution in [2.24, 2.45) is 0 Å². The van der Waals surface area contributed by atoms with Gasteiger partial charge in [-0.3, -0.25) is 0 Å². The largest absolute Gasteiger partial charge is 0.432 e. The average molecular weight is 225 g/mol. The van der Waals surface area contributed by atoms with Gasteiger partial charge in [0.1, 0.15) is 6.26 Å². The van der Waals surface area contributed by atoms with E-state index in [0.717, 1.165) is 18.8 Å². The number of anilines is 1. The molecule has 0 aliphatic rings. The number of unbranched alkanes of at least 4 members (excludes halogenated alkanes) is 1. The molecule has 0 radical (unpaired) electrons. The molecule has 0 saturated heterocycles. The Hall–Kier alpha value is -1.03. The van der Waals surface area contributed by atoms with E-state index in [1.54, 1.807) is 6.26 Å². The fraction of sp³-hybridized carbons (Fsp3) is 0.750. The molecule has 0 spiro atoms. The summed E-state index contributed by atoms with van der Waals surface area (Å²) >= 11 is 0. The Morgan fingerprint density at radius 3 is 2.88 bits per heavy atom. The van der Waals surface area contributed by atoms with Gasteiger partial charge in [0.2, 0.25) is 0 Å². The third kappa shape index (κ3) is 4.23. The molecule has 0 aromatic carbocycles. The molecular weight excluding hydrogens is 202 g/mol. The topological polar surface area (TPSA) is 41.3 Å². The van der Waals surface area contributed by atoms with E-state index < -0.39 is 0 Å². The third-order valence-corrected chi connectivity index (χ3v) is 2.40. The third-order valence-electron chi connectivity index (χ3n) is 2.40. The van der Waals surface area contributed by atoms with Crippen LogP contribution in [0.2, 0.25) is 0 Å². The molecule has 0 amide bonds. The van der Waals surface area contributed by atoms with E-state index in [4.69, 9.17) is 4.42 Å². The molecule has 1 rings (SSSR count). The number of oxazole rings is 1. The van der Waals surface area contributed by atoms with Crippen molar-refractivity contribution in [2.75, 3.05) is 18.5 Å². The Morgan fingerprint density at radius 1 is 1.50 bits per heavy atom. The highest BCUT2D eigenvalue weighted by Gasteiger charge is 2.08. The smallest absolute Gasteiger partial charge is 0.297 e. The second-order valence-electron chi connectivity index (χ2n) is 4.43. The lowest BCUT2D eigenvalue weighted by Gasteiger charge is -2.12. The molecule has 92 valence electrons. The van der Waals surface area contributed by atoms with E-state index in [-0.39, 0.29) is 0 Å². The number of rotatable bonds is 7. The van der Waals surface area contributed by atoms with Crippen LogP contribution in [0.4, 0.5) is 6.01 Å². The van der Waals surface area contributed by atoms with Gasteiger partial charge in [-0.25, -0.2) is 0 Å². The summed E-state index contributed by atoms with van der Waals surface area (Å²) in [6.07, 6.45) is 4.08.